The predicted octanol–water partition coefficient (Wildman–Crippen LogP) is 3.20. The molecule has 0 saturated carbocycles. The van der Waals surface area contributed by atoms with Crippen molar-refractivity contribution in [2.24, 2.45) is 0 Å². The number of hydrogen-bond acceptors (Lipinski definition) is 2. The van der Waals surface area contributed by atoms with Crippen LogP contribution in [0.3, 0.4) is 0 Å². The van der Waals surface area contributed by atoms with Gasteiger partial charge < -0.3 is 5.32 Å². The smallest absolute Gasteiger partial charge is 0.227 e. The predicted molar refractivity (Wildman–Crippen MR) is 88.8 cm³/mol. The first kappa shape index (κ1) is 16.3. The molecule has 4 heteroatoms. The third-order valence-electron chi connectivity index (χ3n) is 3.88. The normalized spacial score (nSPS) is 12.1. The molecular formula is C18H25N3O. The van der Waals surface area contributed by atoms with Gasteiger partial charge in [-0.2, -0.15) is 5.10 Å². The average Bonchev–Trinajstić information content (AvgIpc) is 2.83. The first-order valence-electron chi connectivity index (χ1n) is 7.95. The Hall–Kier alpha value is -2.10. The highest BCUT2D eigenvalue weighted by Gasteiger charge is 2.17. The molecule has 0 unspecified atom stereocenters. The molecule has 0 saturated heterocycles. The molecule has 118 valence electrons. The van der Waals surface area contributed by atoms with E-state index in [9.17, 15) is 4.79 Å². The van der Waals surface area contributed by atoms with Crippen molar-refractivity contribution in [1.82, 2.24) is 15.1 Å². The van der Waals surface area contributed by atoms with Gasteiger partial charge in [0, 0.05) is 18.8 Å². The number of benzene rings is 1. The number of hydrogen-bond donors (Lipinski definition) is 1. The zero-order valence-electron chi connectivity index (χ0n) is 13.7. The van der Waals surface area contributed by atoms with E-state index in [1.807, 2.05) is 48.9 Å². The number of carbonyl (C=O) groups excluding carboxylic acids is 1. The zero-order valence-corrected chi connectivity index (χ0v) is 13.7. The maximum atomic E-state index is 12.3. The van der Waals surface area contributed by atoms with Crippen molar-refractivity contribution in [1.29, 1.82) is 0 Å². The van der Waals surface area contributed by atoms with Gasteiger partial charge in [0.15, 0.2) is 0 Å². The van der Waals surface area contributed by atoms with Crippen molar-refractivity contribution in [2.45, 2.75) is 46.1 Å². The molecule has 1 aromatic carbocycles. The van der Waals surface area contributed by atoms with E-state index in [2.05, 4.69) is 23.4 Å². The summed E-state index contributed by atoms with van der Waals surface area (Å²) < 4.78 is 2.00. The molecule has 0 aliphatic rings. The summed E-state index contributed by atoms with van der Waals surface area (Å²) in [5, 5.41) is 7.48. The summed E-state index contributed by atoms with van der Waals surface area (Å²) in [7, 11) is 0. The van der Waals surface area contributed by atoms with Gasteiger partial charge in [-0.25, -0.2) is 0 Å². The lowest BCUT2D eigenvalue weighted by molar-refractivity contribution is -0.122. The Morgan fingerprint density at radius 2 is 2.00 bits per heavy atom. The van der Waals surface area contributed by atoms with E-state index >= 15 is 0 Å². The van der Waals surface area contributed by atoms with Crippen LogP contribution in [0.5, 0.6) is 0 Å². The lowest BCUT2D eigenvalue weighted by atomic mass is 9.96. The van der Waals surface area contributed by atoms with Crippen LogP contribution in [-0.4, -0.2) is 22.2 Å². The van der Waals surface area contributed by atoms with Crippen molar-refractivity contribution in [3.63, 3.8) is 0 Å². The fourth-order valence-corrected chi connectivity index (χ4v) is 2.72. The van der Waals surface area contributed by atoms with Gasteiger partial charge in [0.1, 0.15) is 0 Å². The standard InChI is InChI=1S/C18H25N3O/c1-4-17(16-9-6-5-7-10-16)18(22)19-11-8-12-21-15(3)13-14(2)20-21/h5-7,9-10,13,17H,4,8,11-12H2,1-3H3,(H,19,22)/t17-/m1/s1. The van der Waals surface area contributed by atoms with E-state index in [0.29, 0.717) is 6.54 Å². The summed E-state index contributed by atoms with van der Waals surface area (Å²) >= 11 is 0. The van der Waals surface area contributed by atoms with Crippen LogP contribution in [0.2, 0.25) is 0 Å². The number of aromatic nitrogens is 2. The molecule has 2 aromatic rings. The molecule has 1 atom stereocenters. The number of carbonyl (C=O) groups is 1. The molecule has 1 aromatic heterocycles. The van der Waals surface area contributed by atoms with E-state index in [1.54, 1.807) is 0 Å². The summed E-state index contributed by atoms with van der Waals surface area (Å²) in [5.74, 6) is 0.0527. The van der Waals surface area contributed by atoms with Crippen molar-refractivity contribution in [3.05, 3.63) is 53.3 Å². The molecule has 22 heavy (non-hydrogen) atoms. The second-order valence-corrected chi connectivity index (χ2v) is 5.67. The Morgan fingerprint density at radius 3 is 2.59 bits per heavy atom. The Balaban J connectivity index is 1.81. The van der Waals surface area contributed by atoms with Gasteiger partial charge in [0.05, 0.1) is 11.6 Å². The molecule has 0 fully saturated rings. The van der Waals surface area contributed by atoms with Crippen molar-refractivity contribution >= 4 is 5.91 Å². The third kappa shape index (κ3) is 4.20. The molecule has 0 spiro atoms. The number of rotatable bonds is 7. The van der Waals surface area contributed by atoms with Crippen LogP contribution >= 0.6 is 0 Å². The minimum Gasteiger partial charge on any atom is -0.356 e. The fourth-order valence-electron chi connectivity index (χ4n) is 2.72. The lowest BCUT2D eigenvalue weighted by Crippen LogP contribution is -2.30. The van der Waals surface area contributed by atoms with Crippen LogP contribution in [0, 0.1) is 13.8 Å². The molecule has 0 bridgehead atoms. The second-order valence-electron chi connectivity index (χ2n) is 5.67. The highest BCUT2D eigenvalue weighted by molar-refractivity contribution is 5.83. The van der Waals surface area contributed by atoms with Crippen LogP contribution in [-0.2, 0) is 11.3 Å². The maximum absolute atomic E-state index is 12.3. The Kier molecular flexibility index (Phi) is 5.75. The monoisotopic (exact) mass is 299 g/mol. The van der Waals surface area contributed by atoms with E-state index in [0.717, 1.165) is 30.6 Å². The Labute approximate surface area is 132 Å². The van der Waals surface area contributed by atoms with Gasteiger partial charge in [0.25, 0.3) is 0 Å². The Morgan fingerprint density at radius 1 is 1.27 bits per heavy atom. The SMILES string of the molecule is CC[C@@H](C(=O)NCCCn1nc(C)cc1C)c1ccccc1. The third-order valence-corrected chi connectivity index (χ3v) is 3.88. The summed E-state index contributed by atoms with van der Waals surface area (Å²) in [4.78, 5) is 12.3. The van der Waals surface area contributed by atoms with Gasteiger partial charge in [0.2, 0.25) is 5.91 Å². The zero-order chi connectivity index (χ0) is 15.9. The fraction of sp³-hybridized carbons (Fsp3) is 0.444. The number of nitrogens with zero attached hydrogens (tertiary/aromatic N) is 2. The van der Waals surface area contributed by atoms with Gasteiger partial charge in [-0.05, 0) is 38.3 Å². The van der Waals surface area contributed by atoms with Gasteiger partial charge in [-0.15, -0.1) is 0 Å². The minimum absolute atomic E-state index is 0.0603. The molecule has 4 nitrogen and oxygen atoms in total. The first-order chi connectivity index (χ1) is 10.6. The van der Waals surface area contributed by atoms with Crippen molar-refractivity contribution in [2.75, 3.05) is 6.54 Å². The van der Waals surface area contributed by atoms with Gasteiger partial charge in [-0.1, -0.05) is 37.3 Å². The molecule has 2 rings (SSSR count). The van der Waals surface area contributed by atoms with Crippen molar-refractivity contribution < 1.29 is 4.79 Å². The lowest BCUT2D eigenvalue weighted by Gasteiger charge is -2.15. The van der Waals surface area contributed by atoms with Crippen LogP contribution in [0.15, 0.2) is 36.4 Å². The molecule has 1 heterocycles. The maximum Gasteiger partial charge on any atom is 0.227 e. The topological polar surface area (TPSA) is 46.9 Å². The molecule has 1 amide bonds. The van der Waals surface area contributed by atoms with Crippen LogP contribution < -0.4 is 5.32 Å². The summed E-state index contributed by atoms with van der Waals surface area (Å²) in [6, 6.07) is 12.0. The molecule has 0 radical (unpaired) electrons. The molecule has 0 aliphatic carbocycles. The van der Waals surface area contributed by atoms with E-state index in [-0.39, 0.29) is 11.8 Å². The number of aryl methyl sites for hydroxylation is 3. The van der Waals surface area contributed by atoms with Crippen molar-refractivity contribution in [3.8, 4) is 0 Å². The van der Waals surface area contributed by atoms with Crippen LogP contribution in [0.1, 0.15) is 42.6 Å². The van der Waals surface area contributed by atoms with Gasteiger partial charge in [-0.3, -0.25) is 9.48 Å². The first-order valence-corrected chi connectivity index (χ1v) is 7.95. The largest absolute Gasteiger partial charge is 0.356 e. The van der Waals surface area contributed by atoms with Crippen LogP contribution in [0.4, 0.5) is 0 Å². The molecule has 1 N–H and O–H groups in total. The average molecular weight is 299 g/mol. The summed E-state index contributed by atoms with van der Waals surface area (Å²) in [6.07, 6.45) is 1.70. The van der Waals surface area contributed by atoms with Crippen LogP contribution in [0.25, 0.3) is 0 Å². The second kappa shape index (κ2) is 7.78. The highest BCUT2D eigenvalue weighted by atomic mass is 16.1. The Bertz CT molecular complexity index is 604. The van der Waals surface area contributed by atoms with E-state index < -0.39 is 0 Å². The van der Waals surface area contributed by atoms with E-state index in [4.69, 9.17) is 0 Å². The summed E-state index contributed by atoms with van der Waals surface area (Å²) in [5.41, 5.74) is 3.29. The molecular weight excluding hydrogens is 274 g/mol. The minimum atomic E-state index is -0.0603. The highest BCUT2D eigenvalue weighted by Crippen LogP contribution is 2.19. The molecule has 0 aliphatic heterocycles. The quantitative estimate of drug-likeness (QED) is 0.798. The van der Waals surface area contributed by atoms with E-state index in [1.165, 1.54) is 5.69 Å². The summed E-state index contributed by atoms with van der Waals surface area (Å²) in [6.45, 7) is 7.62. The number of amides is 1. The number of nitrogens with one attached hydrogen (secondary N) is 1. The van der Waals surface area contributed by atoms with Gasteiger partial charge >= 0.3 is 0 Å².